The Balaban J connectivity index is 4.25. The van der Waals surface area contributed by atoms with Crippen LogP contribution in [0, 0.1) is 0 Å². The van der Waals surface area contributed by atoms with Gasteiger partial charge in [-0.3, -0.25) is 4.90 Å². The largest absolute Gasteiger partial charge is 0.392 e. The zero-order valence-corrected chi connectivity index (χ0v) is 41.1. The second kappa shape index (κ2) is 51.4. The van der Waals surface area contributed by atoms with E-state index < -0.39 is 12.2 Å². The molecule has 0 aliphatic heterocycles. The van der Waals surface area contributed by atoms with Crippen LogP contribution < -0.4 is 5.32 Å². The topological polar surface area (TPSA) is 94.4 Å². The maximum Gasteiger partial charge on any atom is 0.0773 e. The summed E-state index contributed by atoms with van der Waals surface area (Å²) in [4.78, 5) is 2.27. The van der Waals surface area contributed by atoms with Crippen LogP contribution in [-0.2, 0) is 9.47 Å². The van der Waals surface area contributed by atoms with Gasteiger partial charge in [0.25, 0.3) is 0 Å². The lowest BCUT2D eigenvalue weighted by Gasteiger charge is -2.24. The first-order valence-corrected chi connectivity index (χ1v) is 27.2. The van der Waals surface area contributed by atoms with Crippen molar-refractivity contribution in [3.05, 3.63) is 0 Å². The molecule has 0 aliphatic carbocycles. The molecule has 7 heteroatoms. The number of hydrogen-bond donors (Lipinski definition) is 4. The SMILES string of the molecule is CCCCCCCCCCCCCCC(O)CNCN(CCOCC(O)CCCCCCCCCCCCCC)CCOCC(O)CCCCCCCCCCCCCC. The van der Waals surface area contributed by atoms with Crippen LogP contribution in [0.2, 0.25) is 0 Å². The number of hydrogen-bond acceptors (Lipinski definition) is 7. The van der Waals surface area contributed by atoms with Crippen LogP contribution in [0.5, 0.6) is 0 Å². The fraction of sp³-hybridized carbons (Fsp3) is 1.00. The molecular formula is C53H110N2O5. The minimum Gasteiger partial charge on any atom is -0.392 e. The second-order valence-electron chi connectivity index (χ2n) is 18.9. The Morgan fingerprint density at radius 2 is 0.600 bits per heavy atom. The lowest BCUT2D eigenvalue weighted by Crippen LogP contribution is -2.41. The Morgan fingerprint density at radius 3 is 0.883 bits per heavy atom. The number of nitrogens with one attached hydrogen (secondary N) is 1. The molecule has 0 aromatic carbocycles. The van der Waals surface area contributed by atoms with Gasteiger partial charge >= 0.3 is 0 Å². The van der Waals surface area contributed by atoms with Gasteiger partial charge in [0.15, 0.2) is 0 Å². The molecule has 0 fully saturated rings. The van der Waals surface area contributed by atoms with E-state index in [2.05, 4.69) is 31.0 Å². The highest BCUT2D eigenvalue weighted by atomic mass is 16.5. The van der Waals surface area contributed by atoms with E-state index in [9.17, 15) is 15.3 Å². The number of aliphatic hydroxyl groups excluding tert-OH is 3. The van der Waals surface area contributed by atoms with Gasteiger partial charge in [0.05, 0.1) is 44.7 Å². The van der Waals surface area contributed by atoms with E-state index in [1.165, 1.54) is 212 Å². The highest BCUT2D eigenvalue weighted by molar-refractivity contribution is 4.64. The first-order chi connectivity index (χ1) is 29.5. The first-order valence-electron chi connectivity index (χ1n) is 27.2. The third-order valence-electron chi connectivity index (χ3n) is 12.6. The molecule has 362 valence electrons. The fourth-order valence-corrected chi connectivity index (χ4v) is 8.42. The quantitative estimate of drug-likeness (QED) is 0.0358. The Morgan fingerprint density at radius 1 is 0.350 bits per heavy atom. The van der Waals surface area contributed by atoms with Crippen LogP contribution in [-0.4, -0.2) is 91.3 Å². The minimum atomic E-state index is -0.398. The molecule has 0 bridgehead atoms. The highest BCUT2D eigenvalue weighted by Gasteiger charge is 2.11. The maximum atomic E-state index is 10.7. The van der Waals surface area contributed by atoms with Crippen LogP contribution in [0.15, 0.2) is 0 Å². The summed E-state index contributed by atoms with van der Waals surface area (Å²) in [5.74, 6) is 0. The first kappa shape index (κ1) is 59.7. The van der Waals surface area contributed by atoms with E-state index in [0.29, 0.717) is 39.6 Å². The summed E-state index contributed by atoms with van der Waals surface area (Å²) >= 11 is 0. The van der Waals surface area contributed by atoms with Crippen molar-refractivity contribution in [2.24, 2.45) is 0 Å². The summed E-state index contributed by atoms with van der Waals surface area (Å²) in [7, 11) is 0. The monoisotopic (exact) mass is 855 g/mol. The lowest BCUT2D eigenvalue weighted by atomic mass is 10.0. The Bertz CT molecular complexity index is 734. The van der Waals surface area contributed by atoms with Crippen molar-refractivity contribution < 1.29 is 24.8 Å². The Hall–Kier alpha value is -0.280. The third-order valence-corrected chi connectivity index (χ3v) is 12.6. The smallest absolute Gasteiger partial charge is 0.0773 e. The summed E-state index contributed by atoms with van der Waals surface area (Å²) in [6.45, 7) is 11.4. The third kappa shape index (κ3) is 48.7. The summed E-state index contributed by atoms with van der Waals surface area (Å²) < 4.78 is 11.9. The fourth-order valence-electron chi connectivity index (χ4n) is 8.42. The van der Waals surface area contributed by atoms with Gasteiger partial charge in [-0.2, -0.15) is 0 Å². The summed E-state index contributed by atoms with van der Waals surface area (Å²) in [6, 6.07) is 0. The molecule has 60 heavy (non-hydrogen) atoms. The van der Waals surface area contributed by atoms with Crippen molar-refractivity contribution >= 4 is 0 Å². The molecule has 0 heterocycles. The summed E-state index contributed by atoms with van der Waals surface area (Å²) in [5.41, 5.74) is 0. The van der Waals surface area contributed by atoms with E-state index in [-0.39, 0.29) is 6.10 Å². The van der Waals surface area contributed by atoms with Crippen molar-refractivity contribution in [3.63, 3.8) is 0 Å². The maximum absolute atomic E-state index is 10.7. The van der Waals surface area contributed by atoms with Crippen molar-refractivity contribution in [2.45, 2.75) is 289 Å². The number of unbranched alkanes of at least 4 members (excludes halogenated alkanes) is 33. The van der Waals surface area contributed by atoms with Crippen molar-refractivity contribution in [2.75, 3.05) is 52.7 Å². The van der Waals surface area contributed by atoms with Gasteiger partial charge in [-0.25, -0.2) is 0 Å². The van der Waals surface area contributed by atoms with E-state index in [1.54, 1.807) is 0 Å². The Labute approximate surface area is 376 Å². The average Bonchev–Trinajstić information content (AvgIpc) is 3.24. The second-order valence-corrected chi connectivity index (χ2v) is 18.9. The Kier molecular flexibility index (Phi) is 51.1. The van der Waals surface area contributed by atoms with Gasteiger partial charge < -0.3 is 30.1 Å². The molecular weight excluding hydrogens is 745 g/mol. The van der Waals surface area contributed by atoms with Gasteiger partial charge in [-0.05, 0) is 19.3 Å². The van der Waals surface area contributed by atoms with Gasteiger partial charge in [0.1, 0.15) is 0 Å². The van der Waals surface area contributed by atoms with Crippen LogP contribution in [0.1, 0.15) is 271 Å². The van der Waals surface area contributed by atoms with Crippen LogP contribution >= 0.6 is 0 Å². The summed E-state index contributed by atoms with van der Waals surface area (Å²) in [5, 5.41) is 35.2. The molecule has 0 spiro atoms. The molecule has 0 aliphatic rings. The molecule has 0 amide bonds. The van der Waals surface area contributed by atoms with Crippen molar-refractivity contribution in [1.82, 2.24) is 10.2 Å². The molecule has 4 N–H and O–H groups in total. The summed E-state index contributed by atoms with van der Waals surface area (Å²) in [6.07, 6.45) is 49.2. The van der Waals surface area contributed by atoms with Crippen LogP contribution in [0.25, 0.3) is 0 Å². The molecule has 3 unspecified atom stereocenters. The zero-order valence-electron chi connectivity index (χ0n) is 41.1. The van der Waals surface area contributed by atoms with E-state index >= 15 is 0 Å². The molecule has 0 saturated carbocycles. The highest BCUT2D eigenvalue weighted by Crippen LogP contribution is 2.16. The van der Waals surface area contributed by atoms with Gasteiger partial charge in [0, 0.05) is 26.3 Å². The van der Waals surface area contributed by atoms with Crippen LogP contribution in [0.4, 0.5) is 0 Å². The minimum absolute atomic E-state index is 0.326. The zero-order chi connectivity index (χ0) is 43.7. The average molecular weight is 855 g/mol. The lowest BCUT2D eigenvalue weighted by molar-refractivity contribution is 0.00608. The molecule has 0 saturated heterocycles. The van der Waals surface area contributed by atoms with Crippen molar-refractivity contribution in [3.8, 4) is 0 Å². The van der Waals surface area contributed by atoms with Crippen LogP contribution in [0.3, 0.4) is 0 Å². The molecule has 0 aromatic heterocycles. The van der Waals surface area contributed by atoms with Gasteiger partial charge in [-0.15, -0.1) is 0 Å². The van der Waals surface area contributed by atoms with Gasteiger partial charge in [-0.1, -0.05) is 252 Å². The van der Waals surface area contributed by atoms with Gasteiger partial charge in [0.2, 0.25) is 0 Å². The normalized spacial score (nSPS) is 13.4. The van der Waals surface area contributed by atoms with Crippen molar-refractivity contribution in [1.29, 1.82) is 0 Å². The molecule has 0 rings (SSSR count). The molecule has 0 radical (unpaired) electrons. The van der Waals surface area contributed by atoms with E-state index in [0.717, 1.165) is 51.6 Å². The number of ether oxygens (including phenoxy) is 2. The van der Waals surface area contributed by atoms with E-state index in [4.69, 9.17) is 9.47 Å². The standard InChI is InChI=1S/C53H110N2O5/c1-4-7-10-13-16-19-22-25-28-31-34-37-40-51(56)47-54-50-55(43-45-59-48-52(57)41-38-35-32-29-26-23-20-17-14-11-8-5-2)44-46-60-49-53(58)42-39-36-33-30-27-24-21-18-15-12-9-6-3/h51-54,56-58H,4-50H2,1-3H3. The predicted octanol–water partition coefficient (Wildman–Crippen LogP) is 14.2. The number of aliphatic hydroxyl groups is 3. The molecule has 0 aromatic rings. The van der Waals surface area contributed by atoms with E-state index in [1.807, 2.05) is 0 Å². The predicted molar refractivity (Wildman–Crippen MR) is 261 cm³/mol. The number of nitrogens with zero attached hydrogens (tertiary/aromatic N) is 1. The molecule has 7 nitrogen and oxygen atoms in total. The number of rotatable bonds is 53. The molecule has 3 atom stereocenters.